The number of aromatic carboxylic acids is 1. The van der Waals surface area contributed by atoms with E-state index in [1.807, 2.05) is 0 Å². The van der Waals surface area contributed by atoms with Crippen LogP contribution in [-0.2, 0) is 10.1 Å². The van der Waals surface area contributed by atoms with E-state index in [1.165, 1.54) is 13.2 Å². The Morgan fingerprint density at radius 2 is 1.90 bits per heavy atom. The summed E-state index contributed by atoms with van der Waals surface area (Å²) in [6.07, 6.45) is 0. The Kier molecular flexibility index (Phi) is 11.9. The van der Waals surface area contributed by atoms with E-state index in [2.05, 4.69) is 10.5 Å². The molecule has 2 rings (SSSR count). The van der Waals surface area contributed by atoms with Crippen molar-refractivity contribution in [2.45, 2.75) is 11.8 Å². The van der Waals surface area contributed by atoms with Gasteiger partial charge < -0.3 is 19.2 Å². The Hall–Kier alpha value is -0.690. The molecule has 13 heteroatoms. The predicted octanol–water partition coefficient (Wildman–Crippen LogP) is -4.23. The minimum atomic E-state index is -4.84. The molecule has 2 aromatic carbocycles. The van der Waals surface area contributed by atoms with Gasteiger partial charge in [-0.25, -0.2) is 8.42 Å². The minimum Gasteiger partial charge on any atom is -0.744 e. The van der Waals surface area contributed by atoms with Crippen LogP contribution in [0.2, 0.25) is 5.02 Å². The van der Waals surface area contributed by atoms with Gasteiger partial charge in [-0.15, -0.1) is 5.43 Å². The zero-order chi connectivity index (χ0) is 20.2. The molecule has 0 radical (unpaired) electrons. The van der Waals surface area contributed by atoms with Crippen molar-refractivity contribution in [2.75, 3.05) is 19.1 Å². The van der Waals surface area contributed by atoms with Crippen molar-refractivity contribution in [1.82, 2.24) is 0 Å². The van der Waals surface area contributed by atoms with Gasteiger partial charge in [0.05, 0.1) is 23.5 Å². The molecule has 0 amide bonds. The van der Waals surface area contributed by atoms with Crippen LogP contribution >= 0.6 is 11.6 Å². The Morgan fingerprint density at radius 3 is 2.41 bits per heavy atom. The van der Waals surface area contributed by atoms with Crippen LogP contribution in [0.5, 0.6) is 5.75 Å². The molecule has 1 N–H and O–H groups in total. The number of nitrogens with zero attached hydrogens (tertiary/aromatic N) is 2. The fraction of sp³-hybridized carbons (Fsp3) is 0.188. The van der Waals surface area contributed by atoms with Gasteiger partial charge in [-0.3, -0.25) is 0 Å². The number of carboxylic acid groups (broad SMARTS) is 1. The molecule has 0 saturated carbocycles. The number of hydrogen-bond donors (Lipinski definition) is 1. The van der Waals surface area contributed by atoms with Crippen molar-refractivity contribution in [3.63, 3.8) is 0 Å². The Balaban J connectivity index is 0.00000392. The number of carbonyl (C=O) groups is 1. The first-order chi connectivity index (χ1) is 12.7. The number of ether oxygens (including phenoxy) is 1. The summed E-state index contributed by atoms with van der Waals surface area (Å²) in [5.41, 5.74) is 2.66. The zero-order valence-corrected chi connectivity index (χ0v) is 21.9. The molecule has 0 unspecified atom stereocenters. The maximum atomic E-state index is 11.5. The van der Waals surface area contributed by atoms with E-state index in [1.54, 1.807) is 19.1 Å². The predicted molar refractivity (Wildman–Crippen MR) is 93.3 cm³/mol. The molecule has 0 aliphatic heterocycles. The summed E-state index contributed by atoms with van der Waals surface area (Å²) in [5, 5.41) is 16.0. The van der Waals surface area contributed by atoms with Crippen LogP contribution in [0.3, 0.4) is 0 Å². The number of nitrogens with one attached hydrogen (secondary N) is 1. The van der Waals surface area contributed by atoms with Gasteiger partial charge in [0.2, 0.25) is 0 Å². The van der Waals surface area contributed by atoms with E-state index in [4.69, 9.17) is 16.3 Å². The standard InChI is InChI=1S/C16H16ClN3O6S.2Na/c1-3-18-20(19-13-8-10(17)4-7-15(13)26-2)14-6-5-11(27(23,24)25)9-12(14)16(21)22;;/h4-9H,3H2,1-2H3,(H2-,18,19,21,22,23,24,25);;/q;2*+1/p-1. The molecule has 9 nitrogen and oxygen atoms in total. The fourth-order valence-electron chi connectivity index (χ4n) is 2.21. The van der Waals surface area contributed by atoms with Gasteiger partial charge >= 0.3 is 59.1 Å². The molecule has 0 aliphatic carbocycles. The first-order valence-electron chi connectivity index (χ1n) is 7.56. The van der Waals surface area contributed by atoms with E-state index in [9.17, 15) is 22.9 Å². The van der Waals surface area contributed by atoms with E-state index >= 15 is 0 Å². The minimum absolute atomic E-state index is 0. The number of halogens is 1. The largest absolute Gasteiger partial charge is 1.00 e. The van der Waals surface area contributed by atoms with Crippen LogP contribution in [0.1, 0.15) is 17.3 Å². The Morgan fingerprint density at radius 1 is 1.24 bits per heavy atom. The SMILES string of the molecule is CCN=[N+](Nc1cc(Cl)ccc1OC)c1ccc(S(=O)(=O)[O-])cc1C(=O)[O-].[Na+].[Na+]. The Labute approximate surface area is 217 Å². The van der Waals surface area contributed by atoms with E-state index in [-0.39, 0.29) is 71.3 Å². The van der Waals surface area contributed by atoms with Crippen molar-refractivity contribution >= 4 is 39.1 Å². The molecule has 0 atom stereocenters. The van der Waals surface area contributed by atoms with Gasteiger partial charge in [-0.1, -0.05) is 11.6 Å². The maximum Gasteiger partial charge on any atom is 1.00 e. The number of benzene rings is 2. The number of methoxy groups -OCH3 is 1. The summed E-state index contributed by atoms with van der Waals surface area (Å²) in [7, 11) is -3.40. The first-order valence-corrected chi connectivity index (χ1v) is 9.35. The van der Waals surface area contributed by atoms with Gasteiger partial charge in [-0.2, -0.15) is 0 Å². The fourth-order valence-corrected chi connectivity index (χ4v) is 2.88. The second-order valence-corrected chi connectivity index (χ2v) is 6.96. The first kappa shape index (κ1) is 28.3. The van der Waals surface area contributed by atoms with Crippen molar-refractivity contribution < 1.29 is 91.5 Å². The van der Waals surface area contributed by atoms with Crippen LogP contribution in [0.15, 0.2) is 46.4 Å². The average molecular weight is 459 g/mol. The van der Waals surface area contributed by atoms with Crippen molar-refractivity contribution in [3.05, 3.63) is 47.0 Å². The third kappa shape index (κ3) is 7.50. The molecule has 0 saturated heterocycles. The molecule has 29 heavy (non-hydrogen) atoms. The summed E-state index contributed by atoms with van der Waals surface area (Å²) in [5.74, 6) is -1.27. The summed E-state index contributed by atoms with van der Waals surface area (Å²) in [6, 6.07) is 7.59. The number of anilines is 1. The van der Waals surface area contributed by atoms with E-state index in [0.717, 1.165) is 23.0 Å². The van der Waals surface area contributed by atoms with Gasteiger partial charge in [0.1, 0.15) is 28.1 Å². The topological polar surface area (TPSA) is 134 Å². The van der Waals surface area contributed by atoms with Crippen molar-refractivity contribution in [2.24, 2.45) is 5.11 Å². The Bertz CT molecular complexity index is 1020. The number of hydrazine groups is 1. The summed E-state index contributed by atoms with van der Waals surface area (Å²) >= 11 is 5.98. The number of azo groups is 1. The smallest absolute Gasteiger partial charge is 0.744 e. The number of rotatable bonds is 7. The molecular weight excluding hydrogens is 444 g/mol. The second kappa shape index (κ2) is 12.2. The van der Waals surface area contributed by atoms with Crippen molar-refractivity contribution in [3.8, 4) is 5.75 Å². The third-order valence-electron chi connectivity index (χ3n) is 3.38. The van der Waals surface area contributed by atoms with Gasteiger partial charge in [0, 0.05) is 15.9 Å². The average Bonchev–Trinajstić information content (AvgIpc) is 2.60. The van der Waals surface area contributed by atoms with Gasteiger partial charge in [0.15, 0.2) is 0 Å². The summed E-state index contributed by atoms with van der Waals surface area (Å²) in [4.78, 5) is 11.9. The molecule has 0 fully saturated rings. The van der Waals surface area contributed by atoms with Crippen LogP contribution in [0.4, 0.5) is 11.4 Å². The molecular formula is C16H15ClN3Na2O6S+. The molecule has 2 aromatic rings. The van der Waals surface area contributed by atoms with Gasteiger partial charge in [0.25, 0.3) is 5.69 Å². The summed E-state index contributed by atoms with van der Waals surface area (Å²) < 4.78 is 38.7. The maximum absolute atomic E-state index is 11.5. The zero-order valence-electron chi connectivity index (χ0n) is 16.3. The summed E-state index contributed by atoms with van der Waals surface area (Å²) in [6.45, 7) is 1.96. The van der Waals surface area contributed by atoms with Crippen molar-refractivity contribution in [1.29, 1.82) is 0 Å². The van der Waals surface area contributed by atoms with E-state index in [0.29, 0.717) is 16.5 Å². The van der Waals surface area contributed by atoms with Crippen LogP contribution in [-0.4, -0.2) is 37.4 Å². The number of carbonyl (C=O) groups excluding carboxylic acids is 1. The molecule has 0 spiro atoms. The molecule has 0 bridgehead atoms. The van der Waals surface area contributed by atoms with Crippen LogP contribution in [0.25, 0.3) is 0 Å². The second-order valence-electron chi connectivity index (χ2n) is 5.15. The quantitative estimate of drug-likeness (QED) is 0.146. The monoisotopic (exact) mass is 458 g/mol. The van der Waals surface area contributed by atoms with E-state index < -0.39 is 26.5 Å². The molecule has 0 aliphatic rings. The third-order valence-corrected chi connectivity index (χ3v) is 4.44. The van der Waals surface area contributed by atoms with Crippen LogP contribution < -0.4 is 74.4 Å². The normalized spacial score (nSPS) is 11.1. The number of hydrogen-bond acceptors (Lipinski definition) is 7. The van der Waals surface area contributed by atoms with Crippen LogP contribution in [0, 0.1) is 0 Å². The molecule has 0 aromatic heterocycles. The van der Waals surface area contributed by atoms with Gasteiger partial charge in [-0.05, 0) is 42.4 Å². The molecule has 0 heterocycles. The molecule has 144 valence electrons. The number of carboxylic acids is 1.